The maximum absolute atomic E-state index is 10.2. The number of aliphatic hydroxyl groups excluding tert-OH is 3. The predicted molar refractivity (Wildman–Crippen MR) is 70.6 cm³/mol. The van der Waals surface area contributed by atoms with Crippen molar-refractivity contribution in [2.75, 3.05) is 13.2 Å². The molecule has 0 aromatic heterocycles. The van der Waals surface area contributed by atoms with Gasteiger partial charge in [0.05, 0.1) is 23.9 Å². The Morgan fingerprint density at radius 2 is 1.79 bits per heavy atom. The molecule has 3 N–H and O–H groups in total. The van der Waals surface area contributed by atoms with Crippen molar-refractivity contribution in [1.29, 1.82) is 0 Å². The summed E-state index contributed by atoms with van der Waals surface area (Å²) < 4.78 is 6.27. The van der Waals surface area contributed by atoms with Crippen LogP contribution in [-0.4, -0.2) is 45.8 Å². The molecule has 110 valence electrons. The molecule has 3 fully saturated rings. The smallest absolute Gasteiger partial charge is 0.0952 e. The summed E-state index contributed by atoms with van der Waals surface area (Å²) in [5.41, 5.74) is -1.06. The van der Waals surface area contributed by atoms with E-state index in [9.17, 15) is 15.3 Å². The highest BCUT2D eigenvalue weighted by Crippen LogP contribution is 2.62. The molecule has 0 unspecified atom stereocenters. The first-order valence-corrected chi connectivity index (χ1v) is 7.49. The number of aliphatic hydroxyl groups is 3. The van der Waals surface area contributed by atoms with Gasteiger partial charge in [0.2, 0.25) is 0 Å². The second-order valence-corrected chi connectivity index (χ2v) is 7.46. The summed E-state index contributed by atoms with van der Waals surface area (Å²) in [7, 11) is 0. The van der Waals surface area contributed by atoms with Crippen LogP contribution in [0, 0.1) is 17.3 Å². The minimum absolute atomic E-state index is 0.0258. The molecule has 2 heterocycles. The number of fused-ring (bicyclic) bond motifs is 4. The Labute approximate surface area is 114 Å². The Bertz CT molecular complexity index is 373. The summed E-state index contributed by atoms with van der Waals surface area (Å²) in [5.74, 6) is 0.723. The standard InChI is InChI=1S/C15H26O4/c1-13(8-16)7-11-10(13)3-5-14(2)12(18)4-6-15(11,9-17)19-14/h10-12,16-18H,3-9H2,1-2H3/t10-,11+,12-,13+,14+,15+/m1/s1. The first-order chi connectivity index (χ1) is 8.89. The van der Waals surface area contributed by atoms with E-state index in [0.29, 0.717) is 18.3 Å². The maximum atomic E-state index is 10.2. The van der Waals surface area contributed by atoms with Gasteiger partial charge in [-0.1, -0.05) is 6.92 Å². The average Bonchev–Trinajstić information content (AvgIpc) is 2.47. The van der Waals surface area contributed by atoms with Crippen LogP contribution >= 0.6 is 0 Å². The summed E-state index contributed by atoms with van der Waals surface area (Å²) in [6.45, 7) is 4.34. The second-order valence-electron chi connectivity index (χ2n) is 7.46. The van der Waals surface area contributed by atoms with Gasteiger partial charge in [-0.25, -0.2) is 0 Å². The van der Waals surface area contributed by atoms with Crippen LogP contribution in [0.4, 0.5) is 0 Å². The SMILES string of the molecule is C[C@@]1(CO)C[C@H]2[C@H]1CC[C@]1(C)O[C@]2(CO)CC[C@H]1O. The van der Waals surface area contributed by atoms with Crippen molar-refractivity contribution < 1.29 is 20.1 Å². The molecule has 4 heteroatoms. The van der Waals surface area contributed by atoms with E-state index in [0.717, 1.165) is 25.7 Å². The third-order valence-corrected chi connectivity index (χ3v) is 6.31. The van der Waals surface area contributed by atoms with Gasteiger partial charge >= 0.3 is 0 Å². The fourth-order valence-corrected chi connectivity index (χ4v) is 4.82. The van der Waals surface area contributed by atoms with E-state index >= 15 is 0 Å². The van der Waals surface area contributed by atoms with E-state index in [4.69, 9.17) is 4.74 Å². The maximum Gasteiger partial charge on any atom is 0.0952 e. The third kappa shape index (κ3) is 1.73. The van der Waals surface area contributed by atoms with Crippen LogP contribution in [0.5, 0.6) is 0 Å². The molecule has 4 nitrogen and oxygen atoms in total. The van der Waals surface area contributed by atoms with Crippen molar-refractivity contribution in [3.05, 3.63) is 0 Å². The molecular weight excluding hydrogens is 244 g/mol. The summed E-state index contributed by atoms with van der Waals surface area (Å²) in [4.78, 5) is 0. The van der Waals surface area contributed by atoms with Crippen LogP contribution in [0.25, 0.3) is 0 Å². The molecule has 3 aliphatic rings. The molecule has 6 atom stereocenters. The van der Waals surface area contributed by atoms with Gasteiger partial charge in [-0.05, 0) is 56.3 Å². The minimum atomic E-state index is -0.533. The largest absolute Gasteiger partial charge is 0.396 e. The van der Waals surface area contributed by atoms with E-state index in [2.05, 4.69) is 6.92 Å². The van der Waals surface area contributed by atoms with Crippen LogP contribution < -0.4 is 0 Å². The van der Waals surface area contributed by atoms with Gasteiger partial charge in [0.25, 0.3) is 0 Å². The first-order valence-electron chi connectivity index (χ1n) is 7.49. The number of hydrogen-bond acceptors (Lipinski definition) is 4. The van der Waals surface area contributed by atoms with E-state index in [1.807, 2.05) is 6.92 Å². The third-order valence-electron chi connectivity index (χ3n) is 6.31. The topological polar surface area (TPSA) is 69.9 Å². The molecule has 19 heavy (non-hydrogen) atoms. The van der Waals surface area contributed by atoms with Crippen molar-refractivity contribution in [2.45, 2.75) is 63.3 Å². The molecule has 0 radical (unpaired) electrons. The minimum Gasteiger partial charge on any atom is -0.396 e. The van der Waals surface area contributed by atoms with Gasteiger partial charge in [-0.15, -0.1) is 0 Å². The number of hydrogen-bond donors (Lipinski definition) is 3. The zero-order valence-corrected chi connectivity index (χ0v) is 11.9. The van der Waals surface area contributed by atoms with E-state index < -0.39 is 17.3 Å². The van der Waals surface area contributed by atoms with Gasteiger partial charge in [-0.2, -0.15) is 0 Å². The monoisotopic (exact) mass is 270 g/mol. The van der Waals surface area contributed by atoms with Crippen molar-refractivity contribution in [3.63, 3.8) is 0 Å². The van der Waals surface area contributed by atoms with Crippen LogP contribution in [0.15, 0.2) is 0 Å². The molecule has 2 aliphatic heterocycles. The summed E-state index contributed by atoms with van der Waals surface area (Å²) >= 11 is 0. The quantitative estimate of drug-likeness (QED) is 0.702. The number of rotatable bonds is 2. The first kappa shape index (κ1) is 13.8. The van der Waals surface area contributed by atoms with Gasteiger partial charge in [0.1, 0.15) is 0 Å². The summed E-state index contributed by atoms with van der Waals surface area (Å²) in [6.07, 6.45) is 3.69. The van der Waals surface area contributed by atoms with Crippen LogP contribution in [0.1, 0.15) is 46.0 Å². The average molecular weight is 270 g/mol. The Balaban J connectivity index is 1.94. The predicted octanol–water partition coefficient (Wildman–Crippen LogP) is 1.08. The van der Waals surface area contributed by atoms with Crippen molar-refractivity contribution in [2.24, 2.45) is 17.3 Å². The highest BCUT2D eigenvalue weighted by Gasteiger charge is 2.64. The molecule has 0 spiro atoms. The molecule has 1 aliphatic carbocycles. The number of ether oxygens (including phenoxy) is 1. The zero-order valence-electron chi connectivity index (χ0n) is 11.9. The second kappa shape index (κ2) is 4.17. The Hall–Kier alpha value is -0.160. The molecule has 3 rings (SSSR count). The van der Waals surface area contributed by atoms with Gasteiger partial charge in [0, 0.05) is 6.61 Å². The lowest BCUT2D eigenvalue weighted by molar-refractivity contribution is -0.274. The van der Waals surface area contributed by atoms with E-state index in [1.54, 1.807) is 0 Å². The molecule has 0 amide bonds. The Morgan fingerprint density at radius 3 is 2.42 bits per heavy atom. The highest BCUT2D eigenvalue weighted by molar-refractivity contribution is 5.12. The Morgan fingerprint density at radius 1 is 1.05 bits per heavy atom. The van der Waals surface area contributed by atoms with Crippen LogP contribution in [-0.2, 0) is 4.74 Å². The lowest BCUT2D eigenvalue weighted by Crippen LogP contribution is -2.63. The van der Waals surface area contributed by atoms with Gasteiger partial charge in [-0.3, -0.25) is 0 Å². The van der Waals surface area contributed by atoms with Crippen LogP contribution in [0.3, 0.4) is 0 Å². The summed E-state index contributed by atoms with van der Waals surface area (Å²) in [5, 5.41) is 29.8. The molecule has 0 aromatic rings. The van der Waals surface area contributed by atoms with Crippen molar-refractivity contribution in [3.8, 4) is 0 Å². The van der Waals surface area contributed by atoms with E-state index in [-0.39, 0.29) is 18.6 Å². The van der Waals surface area contributed by atoms with E-state index in [1.165, 1.54) is 0 Å². The molecule has 0 aromatic carbocycles. The summed E-state index contributed by atoms with van der Waals surface area (Å²) in [6, 6.07) is 0. The van der Waals surface area contributed by atoms with Gasteiger partial charge in [0.15, 0.2) is 0 Å². The normalized spacial score (nSPS) is 57.0. The van der Waals surface area contributed by atoms with Crippen LogP contribution in [0.2, 0.25) is 0 Å². The molecular formula is C15H26O4. The zero-order chi connectivity index (χ0) is 13.9. The fourth-order valence-electron chi connectivity index (χ4n) is 4.82. The Kier molecular flexibility index (Phi) is 3.03. The lowest BCUT2D eigenvalue weighted by atomic mass is 9.49. The fraction of sp³-hybridized carbons (Fsp3) is 1.00. The van der Waals surface area contributed by atoms with Gasteiger partial charge < -0.3 is 20.1 Å². The molecule has 2 bridgehead atoms. The lowest BCUT2D eigenvalue weighted by Gasteiger charge is -2.59. The van der Waals surface area contributed by atoms with Crippen molar-refractivity contribution >= 4 is 0 Å². The highest BCUT2D eigenvalue weighted by atomic mass is 16.5. The molecule has 1 saturated carbocycles. The van der Waals surface area contributed by atoms with Crippen molar-refractivity contribution in [1.82, 2.24) is 0 Å². The molecule has 2 saturated heterocycles.